The monoisotopic (exact) mass is 345 g/mol. The number of rotatable bonds is 2. The first-order chi connectivity index (χ1) is 11.6. The Morgan fingerprint density at radius 2 is 2.21 bits per heavy atom. The summed E-state index contributed by atoms with van der Waals surface area (Å²) in [7, 11) is 1.89. The molecule has 0 unspecified atom stereocenters. The summed E-state index contributed by atoms with van der Waals surface area (Å²) in [5, 5.41) is 6.49. The van der Waals surface area contributed by atoms with Crippen molar-refractivity contribution in [1.82, 2.24) is 14.7 Å². The molecule has 0 bridgehead atoms. The molecule has 24 heavy (non-hydrogen) atoms. The fraction of sp³-hybridized carbons (Fsp3) is 0.556. The summed E-state index contributed by atoms with van der Waals surface area (Å²) in [4.78, 5) is 16.1. The molecular formula is C18H23N3O2S. The van der Waals surface area contributed by atoms with Crippen molar-refractivity contribution in [2.75, 3.05) is 19.7 Å². The van der Waals surface area contributed by atoms with E-state index in [1.54, 1.807) is 4.68 Å². The Balaban J connectivity index is 1.43. The molecule has 1 amide bonds. The maximum absolute atomic E-state index is 12.6. The van der Waals surface area contributed by atoms with E-state index in [-0.39, 0.29) is 11.5 Å². The van der Waals surface area contributed by atoms with Crippen molar-refractivity contribution in [1.29, 1.82) is 0 Å². The van der Waals surface area contributed by atoms with Gasteiger partial charge >= 0.3 is 0 Å². The zero-order valence-corrected chi connectivity index (χ0v) is 15.1. The number of carbonyl (C=O) groups excluding carboxylic acids is 1. The topological polar surface area (TPSA) is 47.4 Å². The summed E-state index contributed by atoms with van der Waals surface area (Å²) in [6.07, 6.45) is 5.21. The van der Waals surface area contributed by atoms with Crippen LogP contribution in [0.2, 0.25) is 0 Å². The zero-order valence-electron chi connectivity index (χ0n) is 14.2. The standard InChI is InChI=1S/C18H23N3O2S/c1-13-14(12-20(2)19-13)11-17(22)21-7-5-18(6-8-21)15-4-10-24-16(15)3-9-23-18/h4,10,12H,3,5-9,11H2,1-2H3. The highest BCUT2D eigenvalue weighted by molar-refractivity contribution is 7.10. The van der Waals surface area contributed by atoms with E-state index in [0.29, 0.717) is 6.42 Å². The third kappa shape index (κ3) is 2.67. The van der Waals surface area contributed by atoms with Crippen molar-refractivity contribution in [2.24, 2.45) is 7.05 Å². The van der Waals surface area contributed by atoms with Crippen LogP contribution in [-0.4, -0.2) is 40.3 Å². The molecule has 0 saturated carbocycles. The molecule has 6 heteroatoms. The molecule has 2 aromatic rings. The number of piperidine rings is 1. The first kappa shape index (κ1) is 15.8. The van der Waals surface area contributed by atoms with Crippen molar-refractivity contribution < 1.29 is 9.53 Å². The Kier molecular flexibility index (Phi) is 3.96. The van der Waals surface area contributed by atoms with Gasteiger partial charge in [0, 0.05) is 43.2 Å². The molecule has 2 aromatic heterocycles. The van der Waals surface area contributed by atoms with Gasteiger partial charge in [-0.3, -0.25) is 9.48 Å². The fourth-order valence-electron chi connectivity index (χ4n) is 3.98. The van der Waals surface area contributed by atoms with Crippen molar-refractivity contribution in [3.05, 3.63) is 39.3 Å². The smallest absolute Gasteiger partial charge is 0.227 e. The van der Waals surface area contributed by atoms with Crippen LogP contribution in [-0.2, 0) is 35.0 Å². The minimum atomic E-state index is -0.158. The first-order valence-corrected chi connectivity index (χ1v) is 9.43. The molecule has 1 spiro atoms. The average molecular weight is 345 g/mol. The molecule has 0 N–H and O–H groups in total. The van der Waals surface area contributed by atoms with Crippen LogP contribution < -0.4 is 0 Å². The maximum Gasteiger partial charge on any atom is 0.227 e. The van der Waals surface area contributed by atoms with Gasteiger partial charge in [0.05, 0.1) is 24.3 Å². The lowest BCUT2D eigenvalue weighted by molar-refractivity contribution is -0.139. The Morgan fingerprint density at radius 1 is 1.42 bits per heavy atom. The average Bonchev–Trinajstić information content (AvgIpc) is 3.16. The second-order valence-corrected chi connectivity index (χ2v) is 7.82. The number of fused-ring (bicyclic) bond motifs is 2. The van der Waals surface area contributed by atoms with Crippen molar-refractivity contribution in [3.8, 4) is 0 Å². The number of ether oxygens (including phenoxy) is 1. The highest BCUT2D eigenvalue weighted by Crippen LogP contribution is 2.43. The minimum Gasteiger partial charge on any atom is -0.370 e. The number of hydrogen-bond acceptors (Lipinski definition) is 4. The summed E-state index contributed by atoms with van der Waals surface area (Å²) in [6, 6.07) is 2.22. The van der Waals surface area contributed by atoms with Crippen LogP contribution in [0.1, 0.15) is 34.5 Å². The summed E-state index contributed by atoms with van der Waals surface area (Å²) in [5.41, 5.74) is 3.18. The van der Waals surface area contributed by atoms with Gasteiger partial charge < -0.3 is 9.64 Å². The predicted octanol–water partition coefficient (Wildman–Crippen LogP) is 2.42. The molecule has 1 fully saturated rings. The number of thiophene rings is 1. The number of nitrogens with zero attached hydrogens (tertiary/aromatic N) is 3. The number of hydrogen-bond donors (Lipinski definition) is 0. The van der Waals surface area contributed by atoms with Crippen LogP contribution in [0.4, 0.5) is 0 Å². The molecule has 1 saturated heterocycles. The summed E-state index contributed by atoms with van der Waals surface area (Å²) < 4.78 is 7.99. The number of aromatic nitrogens is 2. The normalized spacial score (nSPS) is 19.5. The Bertz CT molecular complexity index is 756. The minimum absolute atomic E-state index is 0.158. The van der Waals surface area contributed by atoms with E-state index >= 15 is 0 Å². The lowest BCUT2D eigenvalue weighted by Gasteiger charge is -2.44. The van der Waals surface area contributed by atoms with Gasteiger partial charge in [0.1, 0.15) is 0 Å². The van der Waals surface area contributed by atoms with Crippen molar-refractivity contribution in [2.45, 2.75) is 38.2 Å². The lowest BCUT2D eigenvalue weighted by atomic mass is 9.82. The largest absolute Gasteiger partial charge is 0.370 e. The summed E-state index contributed by atoms with van der Waals surface area (Å²) >= 11 is 1.84. The van der Waals surface area contributed by atoms with Gasteiger partial charge in [0.15, 0.2) is 0 Å². The predicted molar refractivity (Wildman–Crippen MR) is 93.1 cm³/mol. The maximum atomic E-state index is 12.6. The third-order valence-corrected chi connectivity index (χ3v) is 6.31. The molecule has 0 aromatic carbocycles. The van der Waals surface area contributed by atoms with E-state index in [2.05, 4.69) is 16.5 Å². The first-order valence-electron chi connectivity index (χ1n) is 8.55. The van der Waals surface area contributed by atoms with E-state index in [0.717, 1.165) is 50.2 Å². The van der Waals surface area contributed by atoms with Gasteiger partial charge in [-0.2, -0.15) is 5.10 Å². The Labute approximate surface area is 146 Å². The molecule has 0 atom stereocenters. The second kappa shape index (κ2) is 6.01. The molecule has 2 aliphatic heterocycles. The second-order valence-electron chi connectivity index (χ2n) is 6.82. The van der Waals surface area contributed by atoms with Gasteiger partial charge in [-0.1, -0.05) is 0 Å². The highest BCUT2D eigenvalue weighted by Gasteiger charge is 2.42. The van der Waals surface area contributed by atoms with Crippen LogP contribution in [0.25, 0.3) is 0 Å². The van der Waals surface area contributed by atoms with Gasteiger partial charge in [0.25, 0.3) is 0 Å². The van der Waals surface area contributed by atoms with Gasteiger partial charge in [-0.25, -0.2) is 0 Å². The van der Waals surface area contributed by atoms with Gasteiger partial charge in [-0.15, -0.1) is 11.3 Å². The molecule has 0 aliphatic carbocycles. The molecule has 2 aliphatic rings. The molecule has 4 rings (SSSR count). The van der Waals surface area contributed by atoms with E-state index in [4.69, 9.17) is 4.74 Å². The Morgan fingerprint density at radius 3 is 2.92 bits per heavy atom. The molecule has 0 radical (unpaired) electrons. The summed E-state index contributed by atoms with van der Waals surface area (Å²) in [6.45, 7) is 4.30. The Hall–Kier alpha value is -1.66. The molecule has 4 heterocycles. The van der Waals surface area contributed by atoms with Crippen LogP contribution in [0, 0.1) is 6.92 Å². The van der Waals surface area contributed by atoms with Crippen LogP contribution in [0.5, 0.6) is 0 Å². The summed E-state index contributed by atoms with van der Waals surface area (Å²) in [5.74, 6) is 0.197. The third-order valence-electron chi connectivity index (χ3n) is 5.32. The van der Waals surface area contributed by atoms with Crippen molar-refractivity contribution in [3.63, 3.8) is 0 Å². The van der Waals surface area contributed by atoms with Crippen molar-refractivity contribution >= 4 is 17.2 Å². The van der Waals surface area contributed by atoms with E-state index in [1.807, 2.05) is 36.4 Å². The molecule has 5 nitrogen and oxygen atoms in total. The highest BCUT2D eigenvalue weighted by atomic mass is 32.1. The van der Waals surface area contributed by atoms with E-state index in [1.165, 1.54) is 10.4 Å². The van der Waals surface area contributed by atoms with Crippen LogP contribution in [0.15, 0.2) is 17.6 Å². The van der Waals surface area contributed by atoms with E-state index < -0.39 is 0 Å². The van der Waals surface area contributed by atoms with Crippen LogP contribution >= 0.6 is 11.3 Å². The number of amides is 1. The molecular weight excluding hydrogens is 322 g/mol. The van der Waals surface area contributed by atoms with Gasteiger partial charge in [-0.05, 0) is 36.8 Å². The quantitative estimate of drug-likeness (QED) is 0.840. The number of aryl methyl sites for hydroxylation is 2. The zero-order chi connectivity index (χ0) is 16.7. The van der Waals surface area contributed by atoms with E-state index in [9.17, 15) is 4.79 Å². The molecule has 128 valence electrons. The fourth-order valence-corrected chi connectivity index (χ4v) is 4.94. The van der Waals surface area contributed by atoms with Gasteiger partial charge in [0.2, 0.25) is 5.91 Å². The van der Waals surface area contributed by atoms with Crippen LogP contribution in [0.3, 0.4) is 0 Å². The number of carbonyl (C=O) groups is 1. The lowest BCUT2D eigenvalue weighted by Crippen LogP contribution is -2.48. The SMILES string of the molecule is Cc1nn(C)cc1CC(=O)N1CCC2(CC1)OCCc1sccc12. The number of likely N-dealkylation sites (tertiary alicyclic amines) is 1.